The molecule has 1 atom stereocenters. The fourth-order valence-electron chi connectivity index (χ4n) is 3.26. The molecule has 0 unspecified atom stereocenters. The Bertz CT molecular complexity index is 915. The van der Waals surface area contributed by atoms with E-state index in [4.69, 9.17) is 4.98 Å². The number of aromatic nitrogens is 4. The lowest BCUT2D eigenvalue weighted by Gasteiger charge is -2.15. The molecule has 0 saturated carbocycles. The zero-order valence-corrected chi connectivity index (χ0v) is 14.1. The number of H-pyrrole nitrogens is 1. The first kappa shape index (κ1) is 14.9. The van der Waals surface area contributed by atoms with E-state index in [1.807, 2.05) is 24.4 Å². The number of rotatable bonds is 1. The van der Waals surface area contributed by atoms with E-state index < -0.39 is 0 Å². The SMILES string of the molecule is CC(C)(C)c1cc([C@H]2CC(=O)NCc3nc4ccccn4c32)[nH]n1. The van der Waals surface area contributed by atoms with Gasteiger partial charge < -0.3 is 9.72 Å². The van der Waals surface area contributed by atoms with E-state index in [0.717, 1.165) is 28.4 Å². The van der Waals surface area contributed by atoms with Crippen molar-refractivity contribution in [3.63, 3.8) is 0 Å². The van der Waals surface area contributed by atoms with E-state index in [2.05, 4.69) is 46.8 Å². The third kappa shape index (κ3) is 2.38. The molecule has 6 heteroatoms. The Balaban J connectivity index is 1.88. The lowest BCUT2D eigenvalue weighted by Crippen LogP contribution is -2.21. The third-order valence-corrected chi connectivity index (χ3v) is 4.56. The van der Waals surface area contributed by atoms with Gasteiger partial charge in [-0.1, -0.05) is 26.8 Å². The largest absolute Gasteiger partial charge is 0.350 e. The number of hydrogen-bond acceptors (Lipinski definition) is 3. The Morgan fingerprint density at radius 3 is 2.88 bits per heavy atom. The Morgan fingerprint density at radius 2 is 2.12 bits per heavy atom. The van der Waals surface area contributed by atoms with Gasteiger partial charge in [-0.25, -0.2) is 4.98 Å². The van der Waals surface area contributed by atoms with Gasteiger partial charge in [-0.2, -0.15) is 5.10 Å². The van der Waals surface area contributed by atoms with Crippen LogP contribution < -0.4 is 5.32 Å². The van der Waals surface area contributed by atoms with Crippen molar-refractivity contribution >= 4 is 11.6 Å². The number of aromatic amines is 1. The van der Waals surface area contributed by atoms with Gasteiger partial charge >= 0.3 is 0 Å². The van der Waals surface area contributed by atoms with E-state index in [1.54, 1.807) is 0 Å². The molecular weight excluding hydrogens is 302 g/mol. The molecule has 0 aliphatic carbocycles. The highest BCUT2D eigenvalue weighted by Gasteiger charge is 2.31. The van der Waals surface area contributed by atoms with Crippen LogP contribution in [0.3, 0.4) is 0 Å². The summed E-state index contributed by atoms with van der Waals surface area (Å²) in [6.07, 6.45) is 2.40. The van der Waals surface area contributed by atoms with Gasteiger partial charge in [0.15, 0.2) is 0 Å². The van der Waals surface area contributed by atoms with Gasteiger partial charge in [-0.05, 0) is 18.2 Å². The van der Waals surface area contributed by atoms with Crippen LogP contribution in [-0.4, -0.2) is 25.5 Å². The Hall–Kier alpha value is -2.63. The first-order chi connectivity index (χ1) is 11.4. The van der Waals surface area contributed by atoms with Crippen molar-refractivity contribution in [1.29, 1.82) is 0 Å². The fourth-order valence-corrected chi connectivity index (χ4v) is 3.26. The summed E-state index contributed by atoms with van der Waals surface area (Å²) in [4.78, 5) is 16.9. The second kappa shape index (κ2) is 5.19. The van der Waals surface area contributed by atoms with Gasteiger partial charge in [0.2, 0.25) is 5.91 Å². The van der Waals surface area contributed by atoms with Gasteiger partial charge in [-0.3, -0.25) is 9.89 Å². The van der Waals surface area contributed by atoms with Crippen LogP contribution in [-0.2, 0) is 16.8 Å². The summed E-state index contributed by atoms with van der Waals surface area (Å²) in [5.74, 6) is -0.0434. The molecule has 0 bridgehead atoms. The number of nitrogens with one attached hydrogen (secondary N) is 2. The van der Waals surface area contributed by atoms with Crippen molar-refractivity contribution < 1.29 is 4.79 Å². The van der Waals surface area contributed by atoms with Crippen LogP contribution in [0.15, 0.2) is 30.5 Å². The molecule has 0 aromatic carbocycles. The topological polar surface area (TPSA) is 75.1 Å². The summed E-state index contributed by atoms with van der Waals surface area (Å²) in [6.45, 7) is 6.86. The summed E-state index contributed by atoms with van der Waals surface area (Å²) in [7, 11) is 0. The van der Waals surface area contributed by atoms with Crippen molar-refractivity contribution in [2.75, 3.05) is 0 Å². The van der Waals surface area contributed by atoms with Crippen LogP contribution in [0, 0.1) is 0 Å². The average molecular weight is 323 g/mol. The Morgan fingerprint density at radius 1 is 1.29 bits per heavy atom. The molecule has 0 fully saturated rings. The van der Waals surface area contributed by atoms with E-state index in [-0.39, 0.29) is 17.2 Å². The molecule has 1 aliphatic heterocycles. The minimum Gasteiger partial charge on any atom is -0.350 e. The molecule has 6 nitrogen and oxygen atoms in total. The van der Waals surface area contributed by atoms with Crippen LogP contribution >= 0.6 is 0 Å². The number of carbonyl (C=O) groups excluding carboxylic acids is 1. The highest BCUT2D eigenvalue weighted by molar-refractivity contribution is 5.78. The first-order valence-corrected chi connectivity index (χ1v) is 8.22. The van der Waals surface area contributed by atoms with E-state index in [1.165, 1.54) is 0 Å². The van der Waals surface area contributed by atoms with E-state index in [9.17, 15) is 4.79 Å². The van der Waals surface area contributed by atoms with Crippen LogP contribution in [0.1, 0.15) is 55.9 Å². The summed E-state index contributed by atoms with van der Waals surface area (Å²) in [5, 5.41) is 10.6. The predicted octanol–water partition coefficient (Wildman–Crippen LogP) is 2.51. The average Bonchev–Trinajstić information content (AvgIpc) is 3.12. The number of imidazole rings is 1. The minimum atomic E-state index is -0.0801. The lowest BCUT2D eigenvalue weighted by atomic mass is 9.90. The molecule has 4 heterocycles. The third-order valence-electron chi connectivity index (χ3n) is 4.56. The summed E-state index contributed by atoms with van der Waals surface area (Å²) in [5.41, 5.74) is 4.81. The monoisotopic (exact) mass is 323 g/mol. The molecule has 2 N–H and O–H groups in total. The molecule has 0 saturated heterocycles. The van der Waals surface area contributed by atoms with Gasteiger partial charge in [0.05, 0.1) is 29.5 Å². The lowest BCUT2D eigenvalue weighted by molar-refractivity contribution is -0.121. The highest BCUT2D eigenvalue weighted by atomic mass is 16.1. The number of amides is 1. The quantitative estimate of drug-likeness (QED) is 0.722. The molecule has 24 heavy (non-hydrogen) atoms. The maximum absolute atomic E-state index is 12.2. The minimum absolute atomic E-state index is 0.0367. The maximum Gasteiger partial charge on any atom is 0.221 e. The molecule has 3 aromatic heterocycles. The standard InChI is InChI=1S/C18H21N5O/c1-18(2,3)14-9-12(21-22-14)11-8-16(24)19-10-13-17(11)23-7-5-4-6-15(23)20-13/h4-7,9,11H,8,10H2,1-3H3,(H,19,24)(H,21,22)/t11-/m1/s1. The van der Waals surface area contributed by atoms with Crippen molar-refractivity contribution in [2.24, 2.45) is 0 Å². The van der Waals surface area contributed by atoms with Gasteiger partial charge in [0.1, 0.15) is 5.65 Å². The van der Waals surface area contributed by atoms with Gasteiger partial charge in [0, 0.05) is 23.7 Å². The molecule has 1 amide bonds. The zero-order valence-electron chi connectivity index (χ0n) is 14.1. The highest BCUT2D eigenvalue weighted by Crippen LogP contribution is 2.33. The molecule has 0 radical (unpaired) electrons. The van der Waals surface area contributed by atoms with Crippen molar-refractivity contribution in [3.05, 3.63) is 53.2 Å². The van der Waals surface area contributed by atoms with Crippen LogP contribution in [0.4, 0.5) is 0 Å². The molecule has 1 aliphatic rings. The molecule has 4 rings (SSSR count). The Labute approximate surface area is 140 Å². The predicted molar refractivity (Wildman–Crippen MR) is 90.8 cm³/mol. The number of hydrogen-bond donors (Lipinski definition) is 2. The van der Waals surface area contributed by atoms with Crippen molar-refractivity contribution in [1.82, 2.24) is 24.9 Å². The van der Waals surface area contributed by atoms with Crippen molar-refractivity contribution in [2.45, 2.75) is 45.1 Å². The number of pyridine rings is 1. The van der Waals surface area contributed by atoms with E-state index >= 15 is 0 Å². The number of fused-ring (bicyclic) bond motifs is 3. The normalized spacial score (nSPS) is 18.3. The molecule has 0 spiro atoms. The number of nitrogens with zero attached hydrogens (tertiary/aromatic N) is 3. The fraction of sp³-hybridized carbons (Fsp3) is 0.389. The van der Waals surface area contributed by atoms with Gasteiger partial charge in [0.25, 0.3) is 0 Å². The number of carbonyl (C=O) groups is 1. The van der Waals surface area contributed by atoms with Crippen LogP contribution in [0.2, 0.25) is 0 Å². The van der Waals surface area contributed by atoms with Crippen LogP contribution in [0.5, 0.6) is 0 Å². The smallest absolute Gasteiger partial charge is 0.221 e. The Kier molecular flexibility index (Phi) is 3.23. The molecule has 3 aromatic rings. The second-order valence-electron chi connectivity index (χ2n) is 7.36. The molecule has 124 valence electrons. The van der Waals surface area contributed by atoms with Crippen LogP contribution in [0.25, 0.3) is 5.65 Å². The summed E-state index contributed by atoms with van der Waals surface area (Å²) >= 11 is 0. The first-order valence-electron chi connectivity index (χ1n) is 8.22. The maximum atomic E-state index is 12.2. The molecular formula is C18H21N5O. The van der Waals surface area contributed by atoms with Crippen molar-refractivity contribution in [3.8, 4) is 0 Å². The second-order valence-corrected chi connectivity index (χ2v) is 7.36. The van der Waals surface area contributed by atoms with E-state index in [0.29, 0.717) is 13.0 Å². The van der Waals surface area contributed by atoms with Gasteiger partial charge in [-0.15, -0.1) is 0 Å². The summed E-state index contributed by atoms with van der Waals surface area (Å²) < 4.78 is 2.08. The zero-order chi connectivity index (χ0) is 16.9. The summed E-state index contributed by atoms with van der Waals surface area (Å²) in [6, 6.07) is 8.03.